The van der Waals surface area contributed by atoms with Gasteiger partial charge in [-0.3, -0.25) is 19.3 Å². The van der Waals surface area contributed by atoms with Gasteiger partial charge in [-0.1, -0.05) is 6.07 Å². The van der Waals surface area contributed by atoms with E-state index in [9.17, 15) is 29.4 Å². The van der Waals surface area contributed by atoms with Crippen LogP contribution in [0.4, 0.5) is 0 Å². The molecular weight excluding hydrogens is 428 g/mol. The molecule has 0 unspecified atom stereocenters. The third-order valence-electron chi connectivity index (χ3n) is 4.63. The van der Waals surface area contributed by atoms with Crippen molar-refractivity contribution in [3.63, 3.8) is 0 Å². The number of phenols is 1. The summed E-state index contributed by atoms with van der Waals surface area (Å²) >= 11 is 1.28. The maximum atomic E-state index is 12.5. The van der Waals surface area contributed by atoms with Crippen molar-refractivity contribution >= 4 is 41.6 Å². The number of fused-ring (bicyclic) bond motifs is 1. The summed E-state index contributed by atoms with van der Waals surface area (Å²) in [5.74, 6) is -2.47. The molecule has 2 amide bonds. The van der Waals surface area contributed by atoms with Crippen LogP contribution in [-0.4, -0.2) is 69.8 Å². The highest BCUT2D eigenvalue weighted by molar-refractivity contribution is 8.00. The van der Waals surface area contributed by atoms with E-state index in [4.69, 9.17) is 9.47 Å². The van der Waals surface area contributed by atoms with Gasteiger partial charge in [0.05, 0.1) is 7.11 Å². The maximum Gasteiger partial charge on any atom is 0.352 e. The van der Waals surface area contributed by atoms with Crippen LogP contribution < -0.4 is 10.1 Å². The average Bonchev–Trinajstić information content (AvgIpc) is 2.74. The van der Waals surface area contributed by atoms with Crippen LogP contribution >= 0.6 is 11.8 Å². The first-order valence-corrected chi connectivity index (χ1v) is 10.2. The minimum Gasteiger partial charge on any atom is -0.504 e. The molecule has 10 nitrogen and oxygen atoms in total. The molecule has 11 heteroatoms. The number of nitrogens with zero attached hydrogens (tertiary/aromatic N) is 1. The van der Waals surface area contributed by atoms with Crippen molar-refractivity contribution < 1.29 is 38.9 Å². The normalized spacial score (nSPS) is 20.2. The number of phenolic OH excluding ortho intramolecular Hbond substituents is 1. The van der Waals surface area contributed by atoms with Crippen LogP contribution in [0.5, 0.6) is 11.5 Å². The summed E-state index contributed by atoms with van der Waals surface area (Å²) in [6.45, 7) is 0.998. The predicted molar refractivity (Wildman–Crippen MR) is 110 cm³/mol. The second-order valence-electron chi connectivity index (χ2n) is 6.70. The van der Waals surface area contributed by atoms with Crippen LogP contribution in [-0.2, 0) is 23.9 Å². The minimum atomic E-state index is -1.30. The van der Waals surface area contributed by atoms with Gasteiger partial charge in [0.1, 0.15) is 23.7 Å². The van der Waals surface area contributed by atoms with E-state index in [1.807, 2.05) is 0 Å². The van der Waals surface area contributed by atoms with Crippen molar-refractivity contribution in [2.75, 3.05) is 19.5 Å². The number of thioether (sulfide) groups is 1. The van der Waals surface area contributed by atoms with Gasteiger partial charge in [0.15, 0.2) is 11.5 Å². The van der Waals surface area contributed by atoms with E-state index >= 15 is 0 Å². The third kappa shape index (κ3) is 4.66. The Bertz CT molecular complexity index is 1000. The van der Waals surface area contributed by atoms with E-state index in [2.05, 4.69) is 5.32 Å². The van der Waals surface area contributed by atoms with Crippen molar-refractivity contribution in [3.05, 3.63) is 41.1 Å². The summed E-state index contributed by atoms with van der Waals surface area (Å²) in [7, 11) is 1.41. The first-order valence-electron chi connectivity index (χ1n) is 9.12. The standard InChI is InChI=1S/C20H20N2O8S/c1-10(23)30-8-12-9-31-19-16(18(26)22(19)17(12)20(27)28)21-15(25)6-4-11-3-5-13(24)14(7-11)29-2/h3-7,16,19,24H,8-9H2,1-2H3,(H,21,25)(H,27,28)/b6-4+/t16-,19-/m1/s1. The van der Waals surface area contributed by atoms with Crippen molar-refractivity contribution in [1.29, 1.82) is 0 Å². The number of β-lactam (4-membered cyclic amide) rings is 1. The Labute approximate surface area is 181 Å². The number of hydrogen-bond donors (Lipinski definition) is 3. The molecular formula is C20H20N2O8S. The number of rotatable bonds is 7. The lowest BCUT2D eigenvalue weighted by atomic mass is 10.0. The fourth-order valence-corrected chi connectivity index (χ4v) is 4.48. The number of aliphatic carboxylic acids is 1. The van der Waals surface area contributed by atoms with Gasteiger partial charge in [-0.05, 0) is 23.8 Å². The molecule has 3 N–H and O–H groups in total. The molecule has 2 aliphatic heterocycles. The summed E-state index contributed by atoms with van der Waals surface area (Å²) < 4.78 is 9.89. The summed E-state index contributed by atoms with van der Waals surface area (Å²) in [4.78, 5) is 48.6. The molecule has 0 saturated carbocycles. The molecule has 0 aromatic heterocycles. The van der Waals surface area contributed by atoms with Crippen molar-refractivity contribution in [2.24, 2.45) is 0 Å². The highest BCUT2D eigenvalue weighted by Crippen LogP contribution is 2.40. The summed E-state index contributed by atoms with van der Waals surface area (Å²) in [5, 5.41) is 21.2. The zero-order valence-corrected chi connectivity index (χ0v) is 17.5. The van der Waals surface area contributed by atoms with Crippen molar-refractivity contribution in [2.45, 2.75) is 18.3 Å². The highest BCUT2D eigenvalue weighted by atomic mass is 32.2. The number of hydrogen-bond acceptors (Lipinski definition) is 8. The van der Waals surface area contributed by atoms with Crippen LogP contribution in [0.2, 0.25) is 0 Å². The number of carboxylic acids is 1. The zero-order chi connectivity index (χ0) is 22.7. The molecule has 2 atom stereocenters. The van der Waals surface area contributed by atoms with Crippen molar-refractivity contribution in [1.82, 2.24) is 10.2 Å². The Morgan fingerprint density at radius 1 is 1.35 bits per heavy atom. The summed E-state index contributed by atoms with van der Waals surface area (Å²) in [5.41, 5.74) is 0.708. The Balaban J connectivity index is 1.67. The Morgan fingerprint density at radius 2 is 2.10 bits per heavy atom. The van der Waals surface area contributed by atoms with Gasteiger partial charge in [0.2, 0.25) is 5.91 Å². The fourth-order valence-electron chi connectivity index (χ4n) is 3.15. The van der Waals surface area contributed by atoms with Crippen molar-refractivity contribution in [3.8, 4) is 11.5 Å². The van der Waals surface area contributed by atoms with Gasteiger partial charge in [0.25, 0.3) is 5.91 Å². The molecule has 1 aromatic carbocycles. The van der Waals surface area contributed by atoms with Crippen LogP contribution in [0.25, 0.3) is 6.08 Å². The first kappa shape index (κ1) is 22.2. The number of amides is 2. The van der Waals surface area contributed by atoms with E-state index in [-0.39, 0.29) is 29.6 Å². The molecule has 3 rings (SSSR count). The highest BCUT2D eigenvalue weighted by Gasteiger charge is 2.54. The van der Waals surface area contributed by atoms with Gasteiger partial charge >= 0.3 is 11.9 Å². The van der Waals surface area contributed by atoms with E-state index in [1.165, 1.54) is 44.0 Å². The SMILES string of the molecule is COc1cc(/C=C/C(=O)N[C@@H]2C(=O)N3C(C(=O)O)=C(COC(C)=O)CS[C@H]23)ccc1O. The smallest absolute Gasteiger partial charge is 0.352 e. The second kappa shape index (κ2) is 9.13. The zero-order valence-electron chi connectivity index (χ0n) is 16.7. The largest absolute Gasteiger partial charge is 0.504 e. The minimum absolute atomic E-state index is 0.0334. The van der Waals surface area contributed by atoms with E-state index in [0.717, 1.165) is 4.90 Å². The number of esters is 1. The molecule has 0 spiro atoms. The number of methoxy groups -OCH3 is 1. The molecule has 2 aliphatic rings. The fraction of sp³-hybridized carbons (Fsp3) is 0.300. The third-order valence-corrected chi connectivity index (χ3v) is 5.97. The topological polar surface area (TPSA) is 142 Å². The van der Waals surface area contributed by atoms with Crippen LogP contribution in [0.1, 0.15) is 12.5 Å². The quantitative estimate of drug-likeness (QED) is 0.312. The van der Waals surface area contributed by atoms with E-state index < -0.39 is 35.2 Å². The lowest BCUT2D eigenvalue weighted by Crippen LogP contribution is -2.70. The Kier molecular flexibility index (Phi) is 6.54. The molecule has 0 bridgehead atoms. The van der Waals surface area contributed by atoms with Crippen LogP contribution in [0, 0.1) is 0 Å². The van der Waals surface area contributed by atoms with Gasteiger partial charge in [-0.15, -0.1) is 11.8 Å². The van der Waals surface area contributed by atoms with E-state index in [1.54, 1.807) is 12.1 Å². The maximum absolute atomic E-state index is 12.5. The molecule has 1 aromatic rings. The van der Waals surface area contributed by atoms with Crippen LogP contribution in [0.3, 0.4) is 0 Å². The van der Waals surface area contributed by atoms with Gasteiger partial charge in [0, 0.05) is 24.3 Å². The average molecular weight is 448 g/mol. The molecule has 2 heterocycles. The Morgan fingerprint density at radius 3 is 2.74 bits per heavy atom. The molecule has 164 valence electrons. The van der Waals surface area contributed by atoms with E-state index in [0.29, 0.717) is 11.1 Å². The lowest BCUT2D eigenvalue weighted by molar-refractivity contribution is -0.150. The van der Waals surface area contributed by atoms with Gasteiger partial charge in [-0.2, -0.15) is 0 Å². The number of benzene rings is 1. The monoisotopic (exact) mass is 448 g/mol. The molecule has 1 saturated heterocycles. The first-order chi connectivity index (χ1) is 14.7. The number of nitrogens with one attached hydrogen (secondary N) is 1. The number of ether oxygens (including phenoxy) is 2. The molecule has 0 aliphatic carbocycles. The summed E-state index contributed by atoms with van der Waals surface area (Å²) in [6.07, 6.45) is 2.72. The number of aromatic hydroxyl groups is 1. The van der Waals surface area contributed by atoms with Gasteiger partial charge in [-0.25, -0.2) is 4.79 Å². The molecule has 31 heavy (non-hydrogen) atoms. The lowest BCUT2D eigenvalue weighted by Gasteiger charge is -2.49. The van der Waals surface area contributed by atoms with Gasteiger partial charge < -0.3 is 25.0 Å². The predicted octanol–water partition coefficient (Wildman–Crippen LogP) is 0.716. The molecule has 1 fully saturated rings. The number of carbonyl (C=O) groups excluding carboxylic acids is 3. The number of carbonyl (C=O) groups is 4. The van der Waals surface area contributed by atoms with Crippen LogP contribution in [0.15, 0.2) is 35.5 Å². The molecule has 0 radical (unpaired) electrons. The Hall–Kier alpha value is -3.47. The second-order valence-corrected chi connectivity index (χ2v) is 7.80. The summed E-state index contributed by atoms with van der Waals surface area (Å²) in [6, 6.07) is 3.68. The number of carboxylic acid groups (broad SMARTS) is 1.